The molecule has 1 aliphatic heterocycles. The number of aromatic nitrogens is 3. The van der Waals surface area contributed by atoms with Gasteiger partial charge in [-0.25, -0.2) is 0 Å². The van der Waals surface area contributed by atoms with Gasteiger partial charge < -0.3 is 18.8 Å². The van der Waals surface area contributed by atoms with E-state index in [1.165, 1.54) is 12.8 Å². The second-order valence-electron chi connectivity index (χ2n) is 8.74. The number of rotatable bonds is 7. The van der Waals surface area contributed by atoms with E-state index < -0.39 is 17.0 Å². The Labute approximate surface area is 213 Å². The number of imidazole rings is 1. The van der Waals surface area contributed by atoms with Gasteiger partial charge in [-0.1, -0.05) is 12.1 Å². The van der Waals surface area contributed by atoms with E-state index in [1.807, 2.05) is 44.2 Å². The van der Waals surface area contributed by atoms with Gasteiger partial charge >= 0.3 is 5.16 Å². The van der Waals surface area contributed by atoms with E-state index in [1.54, 1.807) is 6.20 Å². The summed E-state index contributed by atoms with van der Waals surface area (Å²) >= 11 is -1.33. The fraction of sp³-hybridized carbons (Fsp3) is 0.478. The van der Waals surface area contributed by atoms with Crippen molar-refractivity contribution in [1.82, 2.24) is 15.0 Å². The summed E-state index contributed by atoms with van der Waals surface area (Å²) in [5.41, 5.74) is 3.59. The number of H-pyrrole nitrogens is 1. The quantitative estimate of drug-likeness (QED) is 0.425. The number of hydrogen-bond acceptors (Lipinski definition) is 6. The van der Waals surface area contributed by atoms with Crippen LogP contribution < -0.4 is 4.74 Å². The van der Waals surface area contributed by atoms with Gasteiger partial charge in [0.2, 0.25) is 0 Å². The third-order valence-electron chi connectivity index (χ3n) is 6.25. The van der Waals surface area contributed by atoms with Crippen molar-refractivity contribution in [3.63, 3.8) is 0 Å². The van der Waals surface area contributed by atoms with Gasteiger partial charge in [-0.05, 0) is 44.9 Å². The van der Waals surface area contributed by atoms with Crippen molar-refractivity contribution in [3.8, 4) is 5.75 Å². The molecule has 7 nitrogen and oxygen atoms in total. The normalized spacial score (nSPS) is 19.5. The van der Waals surface area contributed by atoms with Crippen LogP contribution in [0.2, 0.25) is 0 Å². The van der Waals surface area contributed by atoms with Crippen LogP contribution >= 0.6 is 0 Å². The smallest absolute Gasteiger partial charge is 0.322 e. The summed E-state index contributed by atoms with van der Waals surface area (Å²) in [6.07, 6.45) is 4.74. The maximum atomic E-state index is 12.9. The summed E-state index contributed by atoms with van der Waals surface area (Å²) in [5, 5.41) is 0.460. The van der Waals surface area contributed by atoms with E-state index in [-0.39, 0.29) is 40.7 Å². The average Bonchev–Trinajstić information content (AvgIpc) is 3.39. The Hall–Kier alpha value is -1.13. The average molecular weight is 465 g/mol. The summed E-state index contributed by atoms with van der Waals surface area (Å²) in [6.45, 7) is 5.94. The minimum absolute atomic E-state index is 0. The molecule has 1 aromatic carbocycles. The molecule has 1 aliphatic carbocycles. The van der Waals surface area contributed by atoms with Crippen LogP contribution in [0.4, 0.5) is 0 Å². The van der Waals surface area contributed by atoms with Gasteiger partial charge in [0.15, 0.2) is 11.5 Å². The predicted molar refractivity (Wildman–Crippen MR) is 123 cm³/mol. The van der Waals surface area contributed by atoms with Gasteiger partial charge in [0, 0.05) is 64.3 Å². The third kappa shape index (κ3) is 5.17. The maximum absolute atomic E-state index is 12.9. The Morgan fingerprint density at radius 3 is 2.66 bits per heavy atom. The first-order valence-electron chi connectivity index (χ1n) is 10.6. The minimum atomic E-state index is -1.33. The molecule has 1 atom stereocenters. The fourth-order valence-electron chi connectivity index (χ4n) is 3.74. The monoisotopic (exact) mass is 464 g/mol. The number of benzene rings is 1. The molecule has 0 bridgehead atoms. The van der Waals surface area contributed by atoms with E-state index >= 15 is 0 Å². The molecule has 3 heterocycles. The SMILES string of the molecule is Cc1c(OCCC2(C)OCC3(CC3)CO2)ccnc1C[S+]([O-])c1nc2ccccc2[nH]1.[Na]. The zero-order valence-corrected chi connectivity index (χ0v) is 21.7. The summed E-state index contributed by atoms with van der Waals surface area (Å²) in [4.78, 5) is 12.0. The van der Waals surface area contributed by atoms with Crippen LogP contribution in [-0.4, -0.2) is 74.7 Å². The van der Waals surface area contributed by atoms with Gasteiger partial charge in [-0.3, -0.25) is 9.97 Å². The molecule has 1 unspecified atom stereocenters. The molecule has 5 rings (SSSR count). The molecule has 1 saturated carbocycles. The molecular formula is C23H27N3NaO4S. The Morgan fingerprint density at radius 2 is 1.94 bits per heavy atom. The van der Waals surface area contributed by atoms with Crippen LogP contribution in [0.5, 0.6) is 5.75 Å². The summed E-state index contributed by atoms with van der Waals surface area (Å²) < 4.78 is 30.9. The summed E-state index contributed by atoms with van der Waals surface area (Å²) in [7, 11) is 0. The summed E-state index contributed by atoms with van der Waals surface area (Å²) in [5.74, 6) is 0.416. The van der Waals surface area contributed by atoms with E-state index in [0.29, 0.717) is 18.2 Å². The first-order chi connectivity index (χ1) is 15.0. The fourth-order valence-corrected chi connectivity index (χ4v) is 4.84. The molecule has 9 heteroatoms. The molecular weight excluding hydrogens is 437 g/mol. The van der Waals surface area contributed by atoms with Crippen LogP contribution in [0.1, 0.15) is 37.4 Å². The molecule has 3 aromatic rings. The molecule has 1 N–H and O–H groups in total. The van der Waals surface area contributed by atoms with Crippen molar-refractivity contribution in [2.24, 2.45) is 5.41 Å². The topological polar surface area (TPSA) is 92.3 Å². The number of hydrogen-bond donors (Lipinski definition) is 1. The second kappa shape index (κ2) is 9.62. The van der Waals surface area contributed by atoms with E-state index in [9.17, 15) is 4.55 Å². The van der Waals surface area contributed by atoms with Gasteiger partial charge in [-0.15, -0.1) is 0 Å². The Morgan fingerprint density at radius 1 is 1.19 bits per heavy atom. The zero-order valence-electron chi connectivity index (χ0n) is 18.8. The Balaban J connectivity index is 0.00000245. The van der Waals surface area contributed by atoms with Crippen molar-refractivity contribution in [2.45, 2.75) is 49.8 Å². The standard InChI is InChI=1S/C23H27N3O4S.Na/c1-16-19(13-31(27)21-25-17-5-3-4-6-18(17)26-21)24-11-7-20(16)28-12-10-22(2)29-14-23(8-9-23)15-30-22;/h3-7,11H,8-10,12-15H2,1-2H3,(H,25,26);. The molecule has 2 fully saturated rings. The second-order valence-corrected chi connectivity index (χ2v) is 10.1. The van der Waals surface area contributed by atoms with Crippen molar-refractivity contribution in [1.29, 1.82) is 0 Å². The molecule has 2 aromatic heterocycles. The van der Waals surface area contributed by atoms with Gasteiger partial charge in [0.25, 0.3) is 0 Å². The number of fused-ring (bicyclic) bond motifs is 1. The molecule has 0 amide bonds. The molecule has 1 radical (unpaired) electrons. The van der Waals surface area contributed by atoms with Gasteiger partial charge in [-0.2, -0.15) is 4.98 Å². The summed E-state index contributed by atoms with van der Waals surface area (Å²) in [6, 6.07) is 9.50. The van der Waals surface area contributed by atoms with Crippen LogP contribution in [0.25, 0.3) is 11.0 Å². The largest absolute Gasteiger partial charge is 0.609 e. The van der Waals surface area contributed by atoms with Gasteiger partial charge in [0.05, 0.1) is 36.5 Å². The Kier molecular flexibility index (Phi) is 7.22. The molecule has 2 aliphatic rings. The number of ether oxygens (including phenoxy) is 3. The van der Waals surface area contributed by atoms with Crippen molar-refractivity contribution < 1.29 is 18.8 Å². The van der Waals surface area contributed by atoms with Crippen molar-refractivity contribution in [3.05, 3.63) is 47.8 Å². The number of nitrogens with zero attached hydrogens (tertiary/aromatic N) is 2. The van der Waals surface area contributed by atoms with E-state index in [4.69, 9.17) is 14.2 Å². The molecule has 1 saturated heterocycles. The van der Waals surface area contributed by atoms with Crippen molar-refractivity contribution in [2.75, 3.05) is 19.8 Å². The zero-order chi connectivity index (χ0) is 21.5. The number of nitrogens with one attached hydrogen (secondary N) is 1. The predicted octanol–water partition coefficient (Wildman–Crippen LogP) is 3.51. The number of pyridine rings is 1. The van der Waals surface area contributed by atoms with Crippen LogP contribution in [0.3, 0.4) is 0 Å². The van der Waals surface area contributed by atoms with E-state index in [2.05, 4.69) is 15.0 Å². The first-order valence-corrected chi connectivity index (χ1v) is 12.0. The van der Waals surface area contributed by atoms with Crippen LogP contribution in [0.15, 0.2) is 41.7 Å². The molecule has 165 valence electrons. The van der Waals surface area contributed by atoms with Gasteiger partial charge in [0.1, 0.15) is 5.75 Å². The minimum Gasteiger partial charge on any atom is -0.609 e. The Bertz CT molecular complexity index is 1050. The van der Waals surface area contributed by atoms with Crippen LogP contribution in [0, 0.1) is 12.3 Å². The maximum Gasteiger partial charge on any atom is 0.322 e. The van der Waals surface area contributed by atoms with E-state index in [0.717, 1.165) is 41.3 Å². The third-order valence-corrected chi connectivity index (χ3v) is 7.41. The van der Waals surface area contributed by atoms with Crippen molar-refractivity contribution >= 4 is 51.8 Å². The molecule has 32 heavy (non-hydrogen) atoms. The van der Waals surface area contributed by atoms with Crippen LogP contribution in [-0.2, 0) is 26.4 Å². The molecule has 1 spiro atoms. The first kappa shape index (κ1) is 24.0. The number of para-hydroxylation sites is 2. The number of aromatic amines is 1.